The SMILES string of the molecule is CCCCC(C)n1c(CCl)nc2cc(I)c(F)cc21. The van der Waals surface area contributed by atoms with Crippen molar-refractivity contribution in [1.29, 1.82) is 0 Å². The maximum absolute atomic E-state index is 13.8. The van der Waals surface area contributed by atoms with Gasteiger partial charge in [-0.2, -0.15) is 0 Å². The molecule has 0 aliphatic carbocycles. The smallest absolute Gasteiger partial charge is 0.138 e. The maximum atomic E-state index is 13.8. The molecule has 2 aromatic rings. The lowest BCUT2D eigenvalue weighted by atomic mass is 10.1. The Bertz CT molecular complexity index is 582. The first-order valence-electron chi connectivity index (χ1n) is 6.50. The summed E-state index contributed by atoms with van der Waals surface area (Å²) in [5.41, 5.74) is 1.67. The second-order valence-corrected chi connectivity index (χ2v) is 6.21. The van der Waals surface area contributed by atoms with Gasteiger partial charge >= 0.3 is 0 Å². The van der Waals surface area contributed by atoms with Crippen molar-refractivity contribution in [2.75, 3.05) is 0 Å². The summed E-state index contributed by atoms with van der Waals surface area (Å²) in [6.45, 7) is 4.31. The van der Waals surface area contributed by atoms with Crippen LogP contribution in [0, 0.1) is 9.39 Å². The third-order valence-corrected chi connectivity index (χ3v) is 4.41. The molecule has 0 radical (unpaired) electrons. The fraction of sp³-hybridized carbons (Fsp3) is 0.500. The van der Waals surface area contributed by atoms with Gasteiger partial charge in [0.2, 0.25) is 0 Å². The molecule has 104 valence electrons. The van der Waals surface area contributed by atoms with E-state index in [1.807, 2.05) is 22.6 Å². The average molecular weight is 395 g/mol. The molecular formula is C14H17ClFIN2. The summed E-state index contributed by atoms with van der Waals surface area (Å²) in [6.07, 6.45) is 3.36. The molecule has 1 aromatic carbocycles. The number of unbranched alkanes of at least 4 members (excludes halogenated alkanes) is 1. The van der Waals surface area contributed by atoms with Crippen LogP contribution < -0.4 is 0 Å². The van der Waals surface area contributed by atoms with Gasteiger partial charge in [0, 0.05) is 12.1 Å². The van der Waals surface area contributed by atoms with Crippen LogP contribution in [-0.2, 0) is 5.88 Å². The first-order valence-corrected chi connectivity index (χ1v) is 8.11. The predicted octanol–water partition coefficient (Wildman–Crippen LogP) is 5.27. The quantitative estimate of drug-likeness (QED) is 0.499. The lowest BCUT2D eigenvalue weighted by Gasteiger charge is -2.16. The van der Waals surface area contributed by atoms with E-state index in [9.17, 15) is 4.39 Å². The minimum atomic E-state index is -0.196. The zero-order valence-electron chi connectivity index (χ0n) is 11.1. The molecule has 0 saturated carbocycles. The number of halogens is 3. The number of nitrogens with zero attached hydrogens (tertiary/aromatic N) is 2. The first kappa shape index (κ1) is 15.0. The molecular weight excluding hydrogens is 378 g/mol. The Morgan fingerprint density at radius 1 is 1.47 bits per heavy atom. The van der Waals surface area contributed by atoms with Gasteiger partial charge in [-0.3, -0.25) is 0 Å². The van der Waals surface area contributed by atoms with Crippen molar-refractivity contribution in [3.8, 4) is 0 Å². The summed E-state index contributed by atoms with van der Waals surface area (Å²) in [5, 5.41) is 0. The third-order valence-electron chi connectivity index (χ3n) is 3.34. The molecule has 2 nitrogen and oxygen atoms in total. The number of alkyl halides is 1. The normalized spacial score (nSPS) is 13.1. The Balaban J connectivity index is 2.53. The molecule has 0 bridgehead atoms. The Hall–Kier alpha value is -0.360. The number of fused-ring (bicyclic) bond motifs is 1. The zero-order valence-corrected chi connectivity index (χ0v) is 14.0. The molecule has 2 rings (SSSR count). The van der Waals surface area contributed by atoms with E-state index >= 15 is 0 Å². The summed E-state index contributed by atoms with van der Waals surface area (Å²) in [4.78, 5) is 4.52. The number of hydrogen-bond donors (Lipinski definition) is 0. The van der Waals surface area contributed by atoms with Gasteiger partial charge in [-0.1, -0.05) is 19.8 Å². The highest BCUT2D eigenvalue weighted by Crippen LogP contribution is 2.27. The fourth-order valence-electron chi connectivity index (χ4n) is 2.36. The highest BCUT2D eigenvalue weighted by atomic mass is 127. The number of rotatable bonds is 5. The number of aromatic nitrogens is 2. The highest BCUT2D eigenvalue weighted by molar-refractivity contribution is 14.1. The number of imidazole rings is 1. The topological polar surface area (TPSA) is 17.8 Å². The second kappa shape index (κ2) is 6.39. The standard InChI is InChI=1S/C14H17ClFIN2/c1-3-4-5-9(2)19-13-6-10(16)11(17)7-12(13)18-14(19)8-15/h6-7,9H,3-5,8H2,1-2H3. The molecule has 19 heavy (non-hydrogen) atoms. The number of benzene rings is 1. The van der Waals surface area contributed by atoms with Crippen LogP contribution in [0.15, 0.2) is 12.1 Å². The van der Waals surface area contributed by atoms with Crippen molar-refractivity contribution < 1.29 is 4.39 Å². The van der Waals surface area contributed by atoms with E-state index in [2.05, 4.69) is 23.4 Å². The molecule has 0 fully saturated rings. The van der Waals surface area contributed by atoms with Crippen LogP contribution in [0.25, 0.3) is 11.0 Å². The molecule has 5 heteroatoms. The van der Waals surface area contributed by atoms with E-state index < -0.39 is 0 Å². The second-order valence-electron chi connectivity index (χ2n) is 4.78. The van der Waals surface area contributed by atoms with Crippen molar-refractivity contribution >= 4 is 45.2 Å². The summed E-state index contributed by atoms with van der Waals surface area (Å²) in [7, 11) is 0. The lowest BCUT2D eigenvalue weighted by Crippen LogP contribution is -2.08. The van der Waals surface area contributed by atoms with Crippen LogP contribution in [0.2, 0.25) is 0 Å². The minimum absolute atomic E-state index is 0.196. The Labute approximate surface area is 131 Å². The summed E-state index contributed by atoms with van der Waals surface area (Å²) in [6, 6.07) is 3.64. The Kier molecular flexibility index (Phi) is 5.06. The van der Waals surface area contributed by atoms with Crippen LogP contribution in [0.5, 0.6) is 0 Å². The predicted molar refractivity (Wildman–Crippen MR) is 86.2 cm³/mol. The molecule has 0 aliphatic rings. The van der Waals surface area contributed by atoms with Crippen LogP contribution in [0.1, 0.15) is 45.0 Å². The van der Waals surface area contributed by atoms with E-state index in [1.165, 1.54) is 0 Å². The van der Waals surface area contributed by atoms with Crippen molar-refractivity contribution in [2.24, 2.45) is 0 Å². The third kappa shape index (κ3) is 3.05. The lowest BCUT2D eigenvalue weighted by molar-refractivity contribution is 0.485. The van der Waals surface area contributed by atoms with E-state index in [4.69, 9.17) is 11.6 Å². The van der Waals surface area contributed by atoms with E-state index in [-0.39, 0.29) is 11.9 Å². The molecule has 1 atom stereocenters. The molecule has 0 N–H and O–H groups in total. The molecule has 0 spiro atoms. The van der Waals surface area contributed by atoms with Crippen molar-refractivity contribution in [2.45, 2.75) is 45.0 Å². The summed E-state index contributed by atoms with van der Waals surface area (Å²) < 4.78 is 16.5. The van der Waals surface area contributed by atoms with E-state index in [1.54, 1.807) is 12.1 Å². The van der Waals surface area contributed by atoms with Crippen LogP contribution in [0.4, 0.5) is 4.39 Å². The molecule has 0 aliphatic heterocycles. The Morgan fingerprint density at radius 3 is 2.84 bits per heavy atom. The van der Waals surface area contributed by atoms with Gasteiger partial charge in [-0.05, 0) is 42.0 Å². The summed E-state index contributed by atoms with van der Waals surface area (Å²) in [5.74, 6) is 0.975. The maximum Gasteiger partial charge on any atom is 0.138 e. The van der Waals surface area contributed by atoms with Crippen molar-refractivity contribution in [3.63, 3.8) is 0 Å². The largest absolute Gasteiger partial charge is 0.324 e. The number of hydrogen-bond acceptors (Lipinski definition) is 1. The van der Waals surface area contributed by atoms with Gasteiger partial charge in [-0.25, -0.2) is 9.37 Å². The molecule has 0 amide bonds. The molecule has 0 saturated heterocycles. The Morgan fingerprint density at radius 2 is 2.21 bits per heavy atom. The first-order chi connectivity index (χ1) is 9.08. The fourth-order valence-corrected chi connectivity index (χ4v) is 2.99. The van der Waals surface area contributed by atoms with Gasteiger partial charge in [-0.15, -0.1) is 11.6 Å². The van der Waals surface area contributed by atoms with Gasteiger partial charge in [0.05, 0.1) is 20.5 Å². The van der Waals surface area contributed by atoms with Crippen molar-refractivity contribution in [1.82, 2.24) is 9.55 Å². The molecule has 1 unspecified atom stereocenters. The van der Waals surface area contributed by atoms with E-state index in [0.29, 0.717) is 9.45 Å². The van der Waals surface area contributed by atoms with Gasteiger partial charge < -0.3 is 4.57 Å². The minimum Gasteiger partial charge on any atom is -0.324 e. The van der Waals surface area contributed by atoms with Gasteiger partial charge in [0.15, 0.2) is 0 Å². The highest BCUT2D eigenvalue weighted by Gasteiger charge is 2.16. The van der Waals surface area contributed by atoms with Gasteiger partial charge in [0.25, 0.3) is 0 Å². The summed E-state index contributed by atoms with van der Waals surface area (Å²) >= 11 is 7.97. The van der Waals surface area contributed by atoms with Crippen LogP contribution >= 0.6 is 34.2 Å². The van der Waals surface area contributed by atoms with Gasteiger partial charge in [0.1, 0.15) is 11.6 Å². The zero-order chi connectivity index (χ0) is 14.0. The molecule has 1 heterocycles. The average Bonchev–Trinajstić information content (AvgIpc) is 2.74. The monoisotopic (exact) mass is 394 g/mol. The van der Waals surface area contributed by atoms with Crippen LogP contribution in [-0.4, -0.2) is 9.55 Å². The molecule has 1 aromatic heterocycles. The van der Waals surface area contributed by atoms with Crippen LogP contribution in [0.3, 0.4) is 0 Å². The van der Waals surface area contributed by atoms with E-state index in [0.717, 1.165) is 36.1 Å². The van der Waals surface area contributed by atoms with Crippen molar-refractivity contribution in [3.05, 3.63) is 27.3 Å².